The summed E-state index contributed by atoms with van der Waals surface area (Å²) in [5.74, 6) is 1.31. The van der Waals surface area contributed by atoms with Gasteiger partial charge < -0.3 is 23.8 Å². The van der Waals surface area contributed by atoms with E-state index in [-0.39, 0.29) is 24.5 Å². The van der Waals surface area contributed by atoms with Crippen LogP contribution in [-0.4, -0.2) is 50.8 Å². The SMILES string of the molecule is CCOC(=O)c1ccc(OCC2c3cc(OC)c(OC)cc3CCN2C(=O)c2ccc(Cl)cc2)cc1. The Kier molecular flexibility index (Phi) is 8.00. The Morgan fingerprint density at radius 3 is 2.22 bits per heavy atom. The van der Waals surface area contributed by atoms with Gasteiger partial charge in [0.25, 0.3) is 5.91 Å². The smallest absolute Gasteiger partial charge is 0.338 e. The van der Waals surface area contributed by atoms with Crippen molar-refractivity contribution in [1.29, 1.82) is 0 Å². The van der Waals surface area contributed by atoms with E-state index in [4.69, 9.17) is 30.5 Å². The van der Waals surface area contributed by atoms with E-state index in [1.807, 2.05) is 17.0 Å². The highest BCUT2D eigenvalue weighted by Crippen LogP contribution is 2.39. The van der Waals surface area contributed by atoms with Crippen molar-refractivity contribution in [2.45, 2.75) is 19.4 Å². The van der Waals surface area contributed by atoms with Crippen LogP contribution in [0, 0.1) is 0 Å². The summed E-state index contributed by atoms with van der Waals surface area (Å²) in [6, 6.07) is 17.1. The third kappa shape index (κ3) is 5.41. The number of esters is 1. The molecule has 0 radical (unpaired) electrons. The van der Waals surface area contributed by atoms with E-state index in [0.717, 1.165) is 11.1 Å². The summed E-state index contributed by atoms with van der Waals surface area (Å²) in [5, 5.41) is 0.568. The molecule has 188 valence electrons. The van der Waals surface area contributed by atoms with Crippen molar-refractivity contribution in [2.24, 2.45) is 0 Å². The monoisotopic (exact) mass is 509 g/mol. The van der Waals surface area contributed by atoms with Gasteiger partial charge in [-0.3, -0.25) is 4.79 Å². The molecule has 3 aromatic rings. The van der Waals surface area contributed by atoms with Gasteiger partial charge in [0.05, 0.1) is 32.4 Å². The summed E-state index contributed by atoms with van der Waals surface area (Å²) < 4.78 is 22.2. The molecule has 1 unspecified atom stereocenters. The minimum Gasteiger partial charge on any atom is -0.493 e. The van der Waals surface area contributed by atoms with Crippen molar-refractivity contribution in [3.8, 4) is 17.2 Å². The van der Waals surface area contributed by atoms with Gasteiger partial charge in [-0.1, -0.05) is 11.6 Å². The van der Waals surface area contributed by atoms with Crippen LogP contribution in [0.4, 0.5) is 0 Å². The molecule has 3 aromatic carbocycles. The number of benzene rings is 3. The first-order chi connectivity index (χ1) is 17.4. The Labute approximate surface area is 215 Å². The molecular formula is C28H28ClNO6. The van der Waals surface area contributed by atoms with Crippen LogP contribution in [0.25, 0.3) is 0 Å². The van der Waals surface area contributed by atoms with Crippen molar-refractivity contribution in [1.82, 2.24) is 4.90 Å². The Hall–Kier alpha value is -3.71. The fourth-order valence-electron chi connectivity index (χ4n) is 4.29. The van der Waals surface area contributed by atoms with Crippen LogP contribution >= 0.6 is 11.6 Å². The first kappa shape index (κ1) is 25.4. The fraction of sp³-hybridized carbons (Fsp3) is 0.286. The third-order valence-corrected chi connectivity index (χ3v) is 6.38. The highest BCUT2D eigenvalue weighted by atomic mass is 35.5. The number of amides is 1. The highest BCUT2D eigenvalue weighted by molar-refractivity contribution is 6.30. The summed E-state index contributed by atoms with van der Waals surface area (Å²) in [6.07, 6.45) is 0.666. The van der Waals surface area contributed by atoms with Crippen LogP contribution in [0.5, 0.6) is 17.2 Å². The lowest BCUT2D eigenvalue weighted by atomic mass is 9.91. The predicted molar refractivity (Wildman–Crippen MR) is 136 cm³/mol. The summed E-state index contributed by atoms with van der Waals surface area (Å²) in [6.45, 7) is 2.79. The molecule has 4 rings (SSSR count). The number of methoxy groups -OCH3 is 2. The molecule has 1 aliphatic heterocycles. The molecule has 0 saturated carbocycles. The van der Waals surface area contributed by atoms with Crippen molar-refractivity contribution >= 4 is 23.5 Å². The van der Waals surface area contributed by atoms with Gasteiger partial charge in [-0.05, 0) is 85.1 Å². The molecule has 8 heteroatoms. The Balaban J connectivity index is 1.63. The quantitative estimate of drug-likeness (QED) is 0.381. The first-order valence-electron chi connectivity index (χ1n) is 11.7. The highest BCUT2D eigenvalue weighted by Gasteiger charge is 2.33. The average Bonchev–Trinajstić information content (AvgIpc) is 2.91. The summed E-state index contributed by atoms with van der Waals surface area (Å²) in [4.78, 5) is 27.3. The van der Waals surface area contributed by atoms with Gasteiger partial charge in [0.15, 0.2) is 11.5 Å². The van der Waals surface area contributed by atoms with Gasteiger partial charge in [-0.15, -0.1) is 0 Å². The van der Waals surface area contributed by atoms with Gasteiger partial charge in [0.2, 0.25) is 0 Å². The number of halogens is 1. The third-order valence-electron chi connectivity index (χ3n) is 6.13. The molecule has 1 heterocycles. The van der Waals surface area contributed by atoms with Gasteiger partial charge in [-0.2, -0.15) is 0 Å². The molecule has 1 atom stereocenters. The van der Waals surface area contributed by atoms with Crippen LogP contribution in [-0.2, 0) is 11.2 Å². The predicted octanol–water partition coefficient (Wildman–Crippen LogP) is 5.35. The van der Waals surface area contributed by atoms with Gasteiger partial charge >= 0.3 is 5.97 Å². The number of carbonyl (C=O) groups is 2. The molecule has 0 spiro atoms. The Bertz CT molecular complexity index is 1230. The molecule has 0 N–H and O–H groups in total. The van der Waals surface area contributed by atoms with E-state index in [1.165, 1.54) is 0 Å². The number of rotatable bonds is 8. The zero-order valence-corrected chi connectivity index (χ0v) is 21.2. The van der Waals surface area contributed by atoms with Gasteiger partial charge in [0, 0.05) is 17.1 Å². The molecule has 36 heavy (non-hydrogen) atoms. The molecule has 0 fully saturated rings. The van der Waals surface area contributed by atoms with E-state index in [9.17, 15) is 9.59 Å². The average molecular weight is 510 g/mol. The number of nitrogens with zero attached hydrogens (tertiary/aromatic N) is 1. The van der Waals surface area contributed by atoms with Crippen molar-refractivity contribution in [2.75, 3.05) is 34.0 Å². The number of ether oxygens (including phenoxy) is 4. The molecular weight excluding hydrogens is 482 g/mol. The van der Waals surface area contributed by atoms with Crippen LogP contribution in [0.15, 0.2) is 60.7 Å². The minimum atomic E-state index is -0.383. The van der Waals surface area contributed by atoms with Crippen LogP contribution in [0.3, 0.4) is 0 Å². The molecule has 1 amide bonds. The first-order valence-corrected chi connectivity index (χ1v) is 12.0. The van der Waals surface area contributed by atoms with Crippen molar-refractivity contribution in [3.63, 3.8) is 0 Å². The second kappa shape index (κ2) is 11.4. The second-order valence-electron chi connectivity index (χ2n) is 8.23. The lowest BCUT2D eigenvalue weighted by Crippen LogP contribution is -2.42. The lowest BCUT2D eigenvalue weighted by molar-refractivity contribution is 0.0524. The van der Waals surface area contributed by atoms with E-state index < -0.39 is 0 Å². The second-order valence-corrected chi connectivity index (χ2v) is 8.67. The molecule has 0 aromatic heterocycles. The topological polar surface area (TPSA) is 74.3 Å². The molecule has 0 aliphatic carbocycles. The van der Waals surface area contributed by atoms with Crippen LogP contribution in [0.1, 0.15) is 44.8 Å². The zero-order chi connectivity index (χ0) is 25.7. The van der Waals surface area contributed by atoms with Crippen molar-refractivity contribution < 1.29 is 28.5 Å². The molecule has 0 saturated heterocycles. The van der Waals surface area contributed by atoms with Crippen molar-refractivity contribution in [3.05, 3.63) is 87.9 Å². The fourth-order valence-corrected chi connectivity index (χ4v) is 4.41. The molecule has 7 nitrogen and oxygen atoms in total. The lowest BCUT2D eigenvalue weighted by Gasteiger charge is -2.37. The van der Waals surface area contributed by atoms with Gasteiger partial charge in [0.1, 0.15) is 12.4 Å². The van der Waals surface area contributed by atoms with Crippen LogP contribution < -0.4 is 14.2 Å². The van der Waals surface area contributed by atoms with E-state index in [1.54, 1.807) is 69.7 Å². The maximum Gasteiger partial charge on any atom is 0.338 e. The number of hydrogen-bond acceptors (Lipinski definition) is 6. The Morgan fingerprint density at radius 1 is 0.944 bits per heavy atom. The van der Waals surface area contributed by atoms with E-state index in [2.05, 4.69) is 0 Å². The number of carbonyl (C=O) groups excluding carboxylic acids is 2. The number of fused-ring (bicyclic) bond motifs is 1. The normalized spacial score (nSPS) is 14.6. The summed E-state index contributed by atoms with van der Waals surface area (Å²) >= 11 is 6.03. The number of hydrogen-bond donors (Lipinski definition) is 0. The maximum absolute atomic E-state index is 13.5. The maximum atomic E-state index is 13.5. The zero-order valence-electron chi connectivity index (χ0n) is 20.5. The largest absolute Gasteiger partial charge is 0.493 e. The molecule has 1 aliphatic rings. The van der Waals surface area contributed by atoms with E-state index >= 15 is 0 Å². The summed E-state index contributed by atoms with van der Waals surface area (Å²) in [5.41, 5.74) is 3.00. The Morgan fingerprint density at radius 2 is 1.58 bits per heavy atom. The molecule has 0 bridgehead atoms. The minimum absolute atomic E-state index is 0.113. The summed E-state index contributed by atoms with van der Waals surface area (Å²) in [7, 11) is 3.18. The van der Waals surface area contributed by atoms with Gasteiger partial charge in [-0.25, -0.2) is 4.79 Å². The van der Waals surface area contributed by atoms with E-state index in [0.29, 0.717) is 53.0 Å². The van der Waals surface area contributed by atoms with Crippen LogP contribution in [0.2, 0.25) is 5.02 Å². The standard InChI is InChI=1S/C28H28ClNO6/c1-4-35-28(32)19-7-11-22(12-8-19)36-17-24-23-16-26(34-3)25(33-2)15-20(23)13-14-30(24)27(31)18-5-9-21(29)10-6-18/h5-12,15-16,24H,4,13-14,17H2,1-3H3.